The van der Waals surface area contributed by atoms with Crippen molar-refractivity contribution in [2.45, 2.75) is 6.92 Å². The van der Waals surface area contributed by atoms with Crippen molar-refractivity contribution in [3.63, 3.8) is 0 Å². The number of nitrogens with zero attached hydrogens (tertiary/aromatic N) is 1. The molecule has 0 aromatic heterocycles. The average Bonchev–Trinajstić information content (AvgIpc) is 2.59. The van der Waals surface area contributed by atoms with E-state index in [0.29, 0.717) is 5.75 Å². The first kappa shape index (κ1) is 16.9. The van der Waals surface area contributed by atoms with Gasteiger partial charge >= 0.3 is 0 Å². The zero-order valence-corrected chi connectivity index (χ0v) is 12.8. The molecule has 0 radical (unpaired) electrons. The molecule has 8 heteroatoms. The van der Waals surface area contributed by atoms with E-state index < -0.39 is 16.7 Å². The van der Waals surface area contributed by atoms with Gasteiger partial charge in [0.1, 0.15) is 11.3 Å². The lowest BCUT2D eigenvalue weighted by molar-refractivity contribution is -0.385. The first-order valence-electron chi connectivity index (χ1n) is 6.99. The van der Waals surface area contributed by atoms with Gasteiger partial charge < -0.3 is 4.74 Å². The summed E-state index contributed by atoms with van der Waals surface area (Å²) in [6, 6.07) is 12.5. The van der Waals surface area contributed by atoms with Crippen molar-refractivity contribution < 1.29 is 19.2 Å². The van der Waals surface area contributed by atoms with Gasteiger partial charge in [-0.3, -0.25) is 30.6 Å². The van der Waals surface area contributed by atoms with Gasteiger partial charge in [0.25, 0.3) is 17.5 Å². The number of hydrogen-bond donors (Lipinski definition) is 2. The molecule has 2 N–H and O–H groups in total. The summed E-state index contributed by atoms with van der Waals surface area (Å²) in [4.78, 5) is 33.8. The summed E-state index contributed by atoms with van der Waals surface area (Å²) in [5, 5.41) is 10.9. The number of rotatable bonds is 5. The quantitative estimate of drug-likeness (QED) is 0.641. The van der Waals surface area contributed by atoms with Gasteiger partial charge in [-0.25, -0.2) is 0 Å². The molecule has 2 aromatic rings. The van der Waals surface area contributed by atoms with Gasteiger partial charge in [0.05, 0.1) is 4.92 Å². The first-order chi connectivity index (χ1) is 11.5. The van der Waals surface area contributed by atoms with Crippen molar-refractivity contribution in [2.24, 2.45) is 0 Å². The van der Waals surface area contributed by atoms with Crippen LogP contribution in [0.15, 0.2) is 48.5 Å². The van der Waals surface area contributed by atoms with Crippen molar-refractivity contribution >= 4 is 17.5 Å². The third-order valence-corrected chi connectivity index (χ3v) is 3.05. The van der Waals surface area contributed by atoms with Crippen LogP contribution in [0.4, 0.5) is 5.69 Å². The van der Waals surface area contributed by atoms with Crippen molar-refractivity contribution in [1.82, 2.24) is 10.9 Å². The molecule has 0 aliphatic carbocycles. The van der Waals surface area contributed by atoms with Crippen LogP contribution in [0.5, 0.6) is 5.75 Å². The van der Waals surface area contributed by atoms with E-state index in [9.17, 15) is 19.7 Å². The maximum Gasteiger partial charge on any atom is 0.282 e. The van der Waals surface area contributed by atoms with Crippen LogP contribution in [0.25, 0.3) is 0 Å². The highest BCUT2D eigenvalue weighted by Gasteiger charge is 2.19. The number of nitro benzene ring substituents is 1. The summed E-state index contributed by atoms with van der Waals surface area (Å²) >= 11 is 0. The second kappa shape index (κ2) is 7.73. The van der Waals surface area contributed by atoms with E-state index in [-0.39, 0.29) is 17.9 Å². The first-order valence-corrected chi connectivity index (χ1v) is 6.99. The van der Waals surface area contributed by atoms with Gasteiger partial charge in [-0.2, -0.15) is 0 Å². The fourth-order valence-electron chi connectivity index (χ4n) is 1.84. The molecule has 8 nitrogen and oxygen atoms in total. The van der Waals surface area contributed by atoms with Crippen LogP contribution in [0.3, 0.4) is 0 Å². The molecule has 0 aliphatic rings. The van der Waals surface area contributed by atoms with E-state index in [1.165, 1.54) is 24.3 Å². The van der Waals surface area contributed by atoms with Crippen LogP contribution in [0.1, 0.15) is 15.9 Å². The highest BCUT2D eigenvalue weighted by molar-refractivity contribution is 5.99. The van der Waals surface area contributed by atoms with Crippen LogP contribution in [-0.2, 0) is 4.79 Å². The van der Waals surface area contributed by atoms with Gasteiger partial charge in [-0.1, -0.05) is 29.8 Å². The molecule has 2 aromatic carbocycles. The van der Waals surface area contributed by atoms with Gasteiger partial charge in [-0.05, 0) is 25.1 Å². The largest absolute Gasteiger partial charge is 0.484 e. The lowest BCUT2D eigenvalue weighted by Crippen LogP contribution is -2.44. The van der Waals surface area contributed by atoms with Crippen LogP contribution >= 0.6 is 0 Å². The van der Waals surface area contributed by atoms with E-state index in [1.54, 1.807) is 12.1 Å². The maximum absolute atomic E-state index is 11.9. The molecule has 124 valence electrons. The molecule has 2 rings (SSSR count). The standard InChI is InChI=1S/C16H15N3O5/c1-11-6-8-12(9-7-11)24-10-15(20)17-18-16(21)13-4-2-3-5-14(13)19(22)23/h2-9H,10H2,1H3,(H,17,20)(H,18,21). The zero-order chi connectivity index (χ0) is 17.5. The minimum Gasteiger partial charge on any atom is -0.484 e. The van der Waals surface area contributed by atoms with Crippen LogP contribution in [-0.4, -0.2) is 23.3 Å². The summed E-state index contributed by atoms with van der Waals surface area (Å²) in [7, 11) is 0. The van der Waals surface area contributed by atoms with Crippen molar-refractivity contribution in [2.75, 3.05) is 6.61 Å². The SMILES string of the molecule is Cc1ccc(OCC(=O)NNC(=O)c2ccccc2[N+](=O)[O-])cc1. The van der Waals surface area contributed by atoms with E-state index in [0.717, 1.165) is 5.56 Å². The number of hydrazine groups is 1. The number of hydrogen-bond acceptors (Lipinski definition) is 5. The molecule has 0 unspecified atom stereocenters. The van der Waals surface area contributed by atoms with Crippen LogP contribution in [0, 0.1) is 17.0 Å². The number of amides is 2. The summed E-state index contributed by atoms with van der Waals surface area (Å²) < 4.78 is 5.25. The summed E-state index contributed by atoms with van der Waals surface area (Å²) in [6.45, 7) is 1.62. The topological polar surface area (TPSA) is 111 Å². The zero-order valence-electron chi connectivity index (χ0n) is 12.8. The normalized spacial score (nSPS) is 9.88. The number of nitro groups is 1. The fourth-order valence-corrected chi connectivity index (χ4v) is 1.84. The predicted molar refractivity (Wildman–Crippen MR) is 85.4 cm³/mol. The molecule has 0 saturated heterocycles. The second-order valence-electron chi connectivity index (χ2n) is 4.88. The second-order valence-corrected chi connectivity index (χ2v) is 4.88. The number of ether oxygens (including phenoxy) is 1. The van der Waals surface area contributed by atoms with Gasteiger partial charge in [-0.15, -0.1) is 0 Å². The van der Waals surface area contributed by atoms with Crippen molar-refractivity contribution in [1.29, 1.82) is 0 Å². The highest BCUT2D eigenvalue weighted by atomic mass is 16.6. The summed E-state index contributed by atoms with van der Waals surface area (Å²) in [5.74, 6) is -0.866. The van der Waals surface area contributed by atoms with Crippen molar-refractivity contribution in [3.05, 3.63) is 69.8 Å². The van der Waals surface area contributed by atoms with Gasteiger partial charge in [0.15, 0.2) is 6.61 Å². The monoisotopic (exact) mass is 329 g/mol. The number of para-hydroxylation sites is 1. The Morgan fingerprint density at radius 2 is 1.75 bits per heavy atom. The van der Waals surface area contributed by atoms with Crippen LogP contribution < -0.4 is 15.6 Å². The number of nitrogens with one attached hydrogen (secondary N) is 2. The van der Waals surface area contributed by atoms with E-state index in [4.69, 9.17) is 4.74 Å². The fraction of sp³-hybridized carbons (Fsp3) is 0.125. The molecule has 0 atom stereocenters. The molecular formula is C16H15N3O5. The van der Waals surface area contributed by atoms with Crippen molar-refractivity contribution in [3.8, 4) is 5.75 Å². The highest BCUT2D eigenvalue weighted by Crippen LogP contribution is 2.17. The molecule has 0 fully saturated rings. The Kier molecular flexibility index (Phi) is 5.45. The molecule has 2 amide bonds. The Labute approximate surface area is 137 Å². The predicted octanol–water partition coefficient (Wildman–Crippen LogP) is 1.74. The molecule has 0 saturated carbocycles. The summed E-state index contributed by atoms with van der Waals surface area (Å²) in [5.41, 5.74) is 4.82. The van der Waals surface area contributed by atoms with E-state index in [2.05, 4.69) is 10.9 Å². The Bertz CT molecular complexity index is 759. The molecule has 0 heterocycles. The minimum absolute atomic E-state index is 0.151. The lowest BCUT2D eigenvalue weighted by atomic mass is 10.2. The number of carbonyl (C=O) groups is 2. The molecule has 24 heavy (non-hydrogen) atoms. The van der Waals surface area contributed by atoms with Gasteiger partial charge in [0.2, 0.25) is 0 Å². The molecule has 0 bridgehead atoms. The third-order valence-electron chi connectivity index (χ3n) is 3.05. The third kappa shape index (κ3) is 4.54. The number of aryl methyl sites for hydroxylation is 1. The Morgan fingerprint density at radius 3 is 2.42 bits per heavy atom. The number of carbonyl (C=O) groups excluding carboxylic acids is 2. The summed E-state index contributed by atoms with van der Waals surface area (Å²) in [6.07, 6.45) is 0. The maximum atomic E-state index is 11.9. The molecule has 0 spiro atoms. The number of benzene rings is 2. The lowest BCUT2D eigenvalue weighted by Gasteiger charge is -2.09. The van der Waals surface area contributed by atoms with E-state index in [1.807, 2.05) is 19.1 Å². The van der Waals surface area contributed by atoms with E-state index >= 15 is 0 Å². The average molecular weight is 329 g/mol. The smallest absolute Gasteiger partial charge is 0.282 e. The minimum atomic E-state index is -0.786. The van der Waals surface area contributed by atoms with Crippen LogP contribution in [0.2, 0.25) is 0 Å². The molecule has 0 aliphatic heterocycles. The molecular weight excluding hydrogens is 314 g/mol. The Hall–Kier alpha value is -3.42. The Morgan fingerprint density at radius 1 is 1.08 bits per heavy atom. The Balaban J connectivity index is 1.86. The van der Waals surface area contributed by atoms with Gasteiger partial charge in [0, 0.05) is 6.07 Å².